The molecule has 0 aliphatic rings. The van der Waals surface area contributed by atoms with Crippen molar-refractivity contribution in [2.24, 2.45) is 5.73 Å². The smallest absolute Gasteiger partial charge is 0.472 e. The van der Waals surface area contributed by atoms with Crippen LogP contribution in [0.1, 0.15) is 213 Å². The van der Waals surface area contributed by atoms with Crippen LogP contribution in [0, 0.1) is 0 Å². The Hall–Kier alpha value is -2.56. The predicted molar refractivity (Wildman–Crippen MR) is 249 cm³/mol. The predicted octanol–water partition coefficient (Wildman–Crippen LogP) is 13.3. The summed E-state index contributed by atoms with van der Waals surface area (Å²) in [4.78, 5) is 46.1. The molecule has 1 unspecified atom stereocenters. The van der Waals surface area contributed by atoms with E-state index >= 15 is 0 Å². The lowest BCUT2D eigenvalue weighted by molar-refractivity contribution is -0.161. The third-order valence-electron chi connectivity index (χ3n) is 10.3. The van der Waals surface area contributed by atoms with Gasteiger partial charge in [0.15, 0.2) is 6.10 Å². The van der Waals surface area contributed by atoms with Gasteiger partial charge in [0.25, 0.3) is 0 Å². The van der Waals surface area contributed by atoms with Crippen LogP contribution in [0.25, 0.3) is 0 Å². The molecule has 0 saturated heterocycles. The molecule has 0 bridgehead atoms. The lowest BCUT2D eigenvalue weighted by Gasteiger charge is -2.20. The Morgan fingerprint density at radius 1 is 0.525 bits per heavy atom. The van der Waals surface area contributed by atoms with E-state index in [4.69, 9.17) is 24.8 Å². The molecule has 0 fully saturated rings. The molecule has 12 heteroatoms. The van der Waals surface area contributed by atoms with Gasteiger partial charge in [0.05, 0.1) is 13.2 Å². The molecule has 0 aliphatic heterocycles. The summed E-state index contributed by atoms with van der Waals surface area (Å²) in [6, 6.07) is -1.53. The van der Waals surface area contributed by atoms with Crippen LogP contribution in [0.15, 0.2) is 48.6 Å². The van der Waals surface area contributed by atoms with Crippen LogP contribution in [0.4, 0.5) is 0 Å². The summed E-state index contributed by atoms with van der Waals surface area (Å²) in [5, 5.41) is 8.91. The number of aliphatic carboxylic acids is 1. The molecule has 0 aromatic rings. The fraction of sp³-hybridized carbons (Fsp3) is 0.776. The highest BCUT2D eigenvalue weighted by atomic mass is 31.2. The lowest BCUT2D eigenvalue weighted by atomic mass is 10.0. The van der Waals surface area contributed by atoms with Gasteiger partial charge >= 0.3 is 25.7 Å². The van der Waals surface area contributed by atoms with Crippen molar-refractivity contribution in [3.63, 3.8) is 0 Å². The van der Waals surface area contributed by atoms with Crippen LogP contribution < -0.4 is 5.73 Å². The van der Waals surface area contributed by atoms with E-state index in [9.17, 15) is 23.8 Å². The fourth-order valence-corrected chi connectivity index (χ4v) is 7.36. The van der Waals surface area contributed by atoms with E-state index in [1.54, 1.807) is 0 Å². The van der Waals surface area contributed by atoms with Gasteiger partial charge in [0, 0.05) is 12.8 Å². The molecule has 0 aromatic heterocycles. The maximum absolute atomic E-state index is 12.7. The van der Waals surface area contributed by atoms with E-state index in [1.165, 1.54) is 116 Å². The van der Waals surface area contributed by atoms with Gasteiger partial charge in [-0.05, 0) is 51.4 Å². The van der Waals surface area contributed by atoms with E-state index in [2.05, 4.69) is 67.0 Å². The summed E-state index contributed by atoms with van der Waals surface area (Å²) >= 11 is 0. The molecule has 0 saturated carbocycles. The number of rotatable bonds is 45. The third kappa shape index (κ3) is 43.9. The van der Waals surface area contributed by atoms with Gasteiger partial charge in [-0.1, -0.05) is 197 Å². The van der Waals surface area contributed by atoms with Crippen molar-refractivity contribution in [1.29, 1.82) is 0 Å². The van der Waals surface area contributed by atoms with Crippen LogP contribution in [-0.2, 0) is 37.5 Å². The summed E-state index contributed by atoms with van der Waals surface area (Å²) in [5.41, 5.74) is 5.34. The van der Waals surface area contributed by atoms with E-state index in [0.29, 0.717) is 12.8 Å². The Balaban J connectivity index is 4.28. The van der Waals surface area contributed by atoms with Gasteiger partial charge < -0.3 is 25.2 Å². The summed E-state index contributed by atoms with van der Waals surface area (Å²) < 4.78 is 32.7. The van der Waals surface area contributed by atoms with Crippen molar-refractivity contribution in [3.8, 4) is 0 Å². The molecule has 0 spiro atoms. The first kappa shape index (κ1) is 58.4. The van der Waals surface area contributed by atoms with Gasteiger partial charge in [-0.3, -0.25) is 23.4 Å². The molecule has 3 atom stereocenters. The number of ether oxygens (including phenoxy) is 2. The zero-order valence-corrected chi connectivity index (χ0v) is 39.4. The van der Waals surface area contributed by atoms with Gasteiger partial charge in [0.1, 0.15) is 12.6 Å². The molecular weight excluding hydrogens is 794 g/mol. The minimum Gasteiger partial charge on any atom is -0.480 e. The van der Waals surface area contributed by atoms with E-state index in [0.717, 1.165) is 57.8 Å². The molecule has 4 N–H and O–H groups in total. The first-order chi connectivity index (χ1) is 29.6. The number of carboxylic acid groups (broad SMARTS) is 1. The zero-order valence-electron chi connectivity index (χ0n) is 38.5. The second kappa shape index (κ2) is 44.1. The standard InChI is InChI=1S/C49H88NO10P/c1-3-5-7-9-11-13-15-17-19-20-21-22-23-24-25-27-29-31-33-35-37-39-41-48(52)60-45(43-58-61(55,56)59-44-46(50)49(53)54)42-57-47(51)40-38-36-34-32-30-28-26-18-16-14-12-10-8-6-4-2/h6,8,12,14,18,26,30,32,45-46H,3-5,7,9-11,13,15-17,19-25,27-29,31,33-44,50H2,1-2H3,(H,53,54)(H,55,56)/b8-6+,14-12+,26-18+,32-30+/t45-,46-/m0/s1. The van der Waals surface area contributed by atoms with Crippen molar-refractivity contribution >= 4 is 25.7 Å². The summed E-state index contributed by atoms with van der Waals surface area (Å²) in [7, 11) is -4.73. The Morgan fingerprint density at radius 3 is 1.38 bits per heavy atom. The van der Waals surface area contributed by atoms with Crippen LogP contribution in [0.3, 0.4) is 0 Å². The van der Waals surface area contributed by atoms with Crippen LogP contribution in [-0.4, -0.2) is 59.9 Å². The minimum atomic E-state index is -4.73. The van der Waals surface area contributed by atoms with Crippen molar-refractivity contribution in [1.82, 2.24) is 0 Å². The van der Waals surface area contributed by atoms with Crippen LogP contribution >= 0.6 is 7.82 Å². The maximum Gasteiger partial charge on any atom is 0.472 e. The number of hydrogen-bond acceptors (Lipinski definition) is 9. The van der Waals surface area contributed by atoms with E-state index in [-0.39, 0.29) is 19.4 Å². The summed E-state index contributed by atoms with van der Waals surface area (Å²) in [6.45, 7) is 2.67. The number of carbonyl (C=O) groups excluding carboxylic acids is 2. The maximum atomic E-state index is 12.7. The molecule has 0 amide bonds. The summed E-state index contributed by atoms with van der Waals surface area (Å²) in [5.74, 6) is -2.42. The van der Waals surface area contributed by atoms with Crippen LogP contribution in [0.5, 0.6) is 0 Å². The number of phosphoric acid groups is 1. The average Bonchev–Trinajstić information content (AvgIpc) is 3.24. The van der Waals surface area contributed by atoms with Crippen LogP contribution in [0.2, 0.25) is 0 Å². The quantitative estimate of drug-likeness (QED) is 0.0230. The van der Waals surface area contributed by atoms with Crippen molar-refractivity contribution in [2.45, 2.75) is 225 Å². The number of phosphoric ester groups is 1. The Labute approximate surface area is 371 Å². The van der Waals surface area contributed by atoms with Gasteiger partial charge in [-0.15, -0.1) is 0 Å². The number of carbonyl (C=O) groups is 3. The monoisotopic (exact) mass is 882 g/mol. The Kier molecular flexibility index (Phi) is 42.2. The van der Waals surface area contributed by atoms with Crippen molar-refractivity contribution < 1.29 is 47.5 Å². The first-order valence-corrected chi connectivity index (χ1v) is 25.7. The highest BCUT2D eigenvalue weighted by molar-refractivity contribution is 7.47. The topological polar surface area (TPSA) is 172 Å². The molecular formula is C49H88NO10P. The van der Waals surface area contributed by atoms with Gasteiger partial charge in [-0.25, -0.2) is 4.57 Å². The molecule has 61 heavy (non-hydrogen) atoms. The largest absolute Gasteiger partial charge is 0.480 e. The number of nitrogens with two attached hydrogens (primary N) is 1. The minimum absolute atomic E-state index is 0.154. The normalized spacial score (nSPS) is 14.0. The fourth-order valence-electron chi connectivity index (χ4n) is 6.59. The number of carboxylic acids is 1. The average molecular weight is 882 g/mol. The van der Waals surface area contributed by atoms with Crippen molar-refractivity contribution in [3.05, 3.63) is 48.6 Å². The van der Waals surface area contributed by atoms with Crippen molar-refractivity contribution in [2.75, 3.05) is 19.8 Å². The number of allylic oxidation sites excluding steroid dienone is 8. The SMILES string of the molecule is CC/C=C/C/C=C/C/C=C/C/C=C/CCCCC(=O)OC[C@@H](COP(=O)(O)OC[C@H](N)C(=O)O)OC(=O)CCCCCCCCCCCCCCCCCCCCCCCC. The Bertz CT molecular complexity index is 1220. The molecule has 0 rings (SSSR count). The first-order valence-electron chi connectivity index (χ1n) is 24.2. The van der Waals surface area contributed by atoms with Gasteiger partial charge in [0.2, 0.25) is 0 Å². The number of hydrogen-bond donors (Lipinski definition) is 3. The van der Waals surface area contributed by atoms with E-state index in [1.807, 2.05) is 0 Å². The highest BCUT2D eigenvalue weighted by Gasteiger charge is 2.28. The summed E-state index contributed by atoms with van der Waals surface area (Å²) in [6.07, 6.45) is 50.4. The molecule has 0 aliphatic carbocycles. The number of esters is 2. The molecule has 0 heterocycles. The third-order valence-corrected chi connectivity index (χ3v) is 11.3. The second-order valence-corrected chi connectivity index (χ2v) is 17.7. The molecule has 0 aromatic carbocycles. The Morgan fingerprint density at radius 2 is 0.918 bits per heavy atom. The molecule has 354 valence electrons. The highest BCUT2D eigenvalue weighted by Crippen LogP contribution is 2.43. The zero-order chi connectivity index (χ0) is 44.9. The lowest BCUT2D eigenvalue weighted by Crippen LogP contribution is -2.34. The molecule has 11 nitrogen and oxygen atoms in total. The molecule has 0 radical (unpaired) electrons. The van der Waals surface area contributed by atoms with E-state index < -0.39 is 51.1 Å². The second-order valence-electron chi connectivity index (χ2n) is 16.2. The van der Waals surface area contributed by atoms with Gasteiger partial charge in [-0.2, -0.15) is 0 Å². The number of unbranched alkanes of at least 4 members (excludes halogenated alkanes) is 23.